The molecule has 0 amide bonds. The molecule has 0 saturated heterocycles. The summed E-state index contributed by atoms with van der Waals surface area (Å²) in [6, 6.07) is 2.90. The highest BCUT2D eigenvalue weighted by Crippen LogP contribution is 2.43. The van der Waals surface area contributed by atoms with Crippen molar-refractivity contribution in [2.75, 3.05) is 13.2 Å². The van der Waals surface area contributed by atoms with E-state index < -0.39 is 11.6 Å². The molecule has 2 nitrogen and oxygen atoms in total. The van der Waals surface area contributed by atoms with Crippen LogP contribution in [0.5, 0.6) is 11.5 Å². The summed E-state index contributed by atoms with van der Waals surface area (Å²) in [5.74, 6) is 1.70. The highest BCUT2D eigenvalue weighted by Gasteiger charge is 2.30. The first-order chi connectivity index (χ1) is 14.6. The molecular formula is C26H40F2O2. The van der Waals surface area contributed by atoms with Gasteiger partial charge in [0.2, 0.25) is 11.6 Å². The van der Waals surface area contributed by atoms with E-state index in [4.69, 9.17) is 9.47 Å². The Morgan fingerprint density at radius 3 is 1.73 bits per heavy atom. The Labute approximate surface area is 181 Å². The molecule has 170 valence electrons. The van der Waals surface area contributed by atoms with E-state index in [1.807, 2.05) is 0 Å². The van der Waals surface area contributed by atoms with Crippen molar-refractivity contribution in [2.45, 2.75) is 90.9 Å². The molecule has 0 unspecified atom stereocenters. The molecule has 4 heteroatoms. The van der Waals surface area contributed by atoms with Crippen molar-refractivity contribution in [1.29, 1.82) is 0 Å². The summed E-state index contributed by atoms with van der Waals surface area (Å²) in [5.41, 5.74) is 0. The summed E-state index contributed by atoms with van der Waals surface area (Å²) < 4.78 is 38.6. The van der Waals surface area contributed by atoms with E-state index in [0.717, 1.165) is 36.5 Å². The van der Waals surface area contributed by atoms with Crippen molar-refractivity contribution in [2.24, 2.45) is 23.7 Å². The van der Waals surface area contributed by atoms with Crippen LogP contribution in [0, 0.1) is 35.3 Å². The van der Waals surface area contributed by atoms with E-state index in [1.54, 1.807) is 6.92 Å². The Kier molecular flexibility index (Phi) is 9.27. The molecule has 0 heterocycles. The summed E-state index contributed by atoms with van der Waals surface area (Å²) in [6.45, 7) is 4.79. The van der Waals surface area contributed by atoms with Gasteiger partial charge in [-0.05, 0) is 81.3 Å². The second kappa shape index (κ2) is 11.9. The van der Waals surface area contributed by atoms with E-state index in [2.05, 4.69) is 6.92 Å². The summed E-state index contributed by atoms with van der Waals surface area (Å²) in [7, 11) is 0. The van der Waals surface area contributed by atoms with Gasteiger partial charge in [0.1, 0.15) is 0 Å². The smallest absolute Gasteiger partial charge is 0.204 e. The van der Waals surface area contributed by atoms with E-state index in [9.17, 15) is 8.78 Å². The monoisotopic (exact) mass is 422 g/mol. The quantitative estimate of drug-likeness (QED) is 0.356. The van der Waals surface area contributed by atoms with Crippen LogP contribution in [-0.4, -0.2) is 13.2 Å². The Hall–Kier alpha value is -1.32. The van der Waals surface area contributed by atoms with E-state index in [-0.39, 0.29) is 11.5 Å². The van der Waals surface area contributed by atoms with Crippen LogP contribution < -0.4 is 9.47 Å². The molecule has 2 fully saturated rings. The van der Waals surface area contributed by atoms with E-state index in [0.29, 0.717) is 13.2 Å². The lowest BCUT2D eigenvalue weighted by molar-refractivity contribution is 0.138. The van der Waals surface area contributed by atoms with Crippen LogP contribution in [0.4, 0.5) is 8.78 Å². The summed E-state index contributed by atoms with van der Waals surface area (Å²) in [4.78, 5) is 0. The molecule has 0 aromatic heterocycles. The highest BCUT2D eigenvalue weighted by atomic mass is 19.2. The van der Waals surface area contributed by atoms with E-state index >= 15 is 0 Å². The average Bonchev–Trinajstić information content (AvgIpc) is 2.77. The Bertz CT molecular complexity index is 632. The van der Waals surface area contributed by atoms with Gasteiger partial charge < -0.3 is 9.47 Å². The third-order valence-corrected chi connectivity index (χ3v) is 7.47. The fourth-order valence-electron chi connectivity index (χ4n) is 5.75. The third kappa shape index (κ3) is 6.34. The second-order valence-electron chi connectivity index (χ2n) is 9.46. The first-order valence-electron chi connectivity index (χ1n) is 12.4. The lowest BCUT2D eigenvalue weighted by Gasteiger charge is -2.38. The fourth-order valence-corrected chi connectivity index (χ4v) is 5.75. The van der Waals surface area contributed by atoms with Gasteiger partial charge in [0, 0.05) is 0 Å². The van der Waals surface area contributed by atoms with Gasteiger partial charge in [0.25, 0.3) is 0 Å². The Morgan fingerprint density at radius 1 is 0.733 bits per heavy atom. The van der Waals surface area contributed by atoms with E-state index in [1.165, 1.54) is 76.3 Å². The van der Waals surface area contributed by atoms with Gasteiger partial charge in [-0.1, -0.05) is 45.4 Å². The lowest BCUT2D eigenvalue weighted by Crippen LogP contribution is -2.26. The van der Waals surface area contributed by atoms with Crippen molar-refractivity contribution in [3.8, 4) is 11.5 Å². The highest BCUT2D eigenvalue weighted by molar-refractivity contribution is 5.35. The van der Waals surface area contributed by atoms with Crippen LogP contribution in [0.1, 0.15) is 90.9 Å². The normalized spacial score (nSPS) is 27.1. The number of halogens is 2. The molecule has 0 aliphatic heterocycles. The first-order valence-corrected chi connectivity index (χ1v) is 12.4. The largest absolute Gasteiger partial charge is 0.491 e. The van der Waals surface area contributed by atoms with Crippen LogP contribution in [0.15, 0.2) is 12.1 Å². The fraction of sp³-hybridized carbons (Fsp3) is 0.769. The van der Waals surface area contributed by atoms with Crippen LogP contribution in [-0.2, 0) is 0 Å². The number of rotatable bonds is 10. The predicted molar refractivity (Wildman–Crippen MR) is 118 cm³/mol. The SMILES string of the molecule is CCCC1CCC(C2CCC(CCCOc3ccc(OCC)c(F)c3F)CC2)CC1. The summed E-state index contributed by atoms with van der Waals surface area (Å²) in [5, 5.41) is 0. The molecule has 2 saturated carbocycles. The van der Waals surface area contributed by atoms with Crippen LogP contribution >= 0.6 is 0 Å². The maximum absolute atomic E-state index is 14.1. The molecule has 1 aromatic rings. The zero-order valence-corrected chi connectivity index (χ0v) is 18.9. The summed E-state index contributed by atoms with van der Waals surface area (Å²) in [6.07, 6.45) is 16.0. The lowest BCUT2D eigenvalue weighted by atomic mass is 9.68. The molecule has 0 radical (unpaired) electrons. The minimum atomic E-state index is -0.962. The molecule has 0 bridgehead atoms. The van der Waals surface area contributed by atoms with Crippen LogP contribution in [0.2, 0.25) is 0 Å². The maximum atomic E-state index is 14.1. The van der Waals surface area contributed by atoms with Gasteiger partial charge in [0.05, 0.1) is 13.2 Å². The predicted octanol–water partition coefficient (Wildman–Crippen LogP) is 7.94. The number of hydrogen-bond donors (Lipinski definition) is 0. The maximum Gasteiger partial charge on any atom is 0.204 e. The molecule has 2 aliphatic rings. The molecule has 1 aromatic carbocycles. The van der Waals surface area contributed by atoms with Crippen molar-refractivity contribution < 1.29 is 18.3 Å². The first kappa shape index (κ1) is 23.3. The van der Waals surface area contributed by atoms with Crippen LogP contribution in [0.25, 0.3) is 0 Å². The number of benzene rings is 1. The zero-order chi connectivity index (χ0) is 21.3. The molecule has 3 rings (SSSR count). The van der Waals surface area contributed by atoms with Gasteiger partial charge in [-0.25, -0.2) is 0 Å². The molecule has 30 heavy (non-hydrogen) atoms. The molecular weight excluding hydrogens is 382 g/mol. The van der Waals surface area contributed by atoms with Crippen molar-refractivity contribution in [1.82, 2.24) is 0 Å². The van der Waals surface area contributed by atoms with Crippen molar-refractivity contribution in [3.63, 3.8) is 0 Å². The molecule has 0 spiro atoms. The molecule has 0 atom stereocenters. The molecule has 0 N–H and O–H groups in total. The Morgan fingerprint density at radius 2 is 1.23 bits per heavy atom. The van der Waals surface area contributed by atoms with Gasteiger partial charge in [-0.2, -0.15) is 8.78 Å². The van der Waals surface area contributed by atoms with Gasteiger partial charge >= 0.3 is 0 Å². The Balaban J connectivity index is 1.32. The minimum Gasteiger partial charge on any atom is -0.491 e. The van der Waals surface area contributed by atoms with Crippen molar-refractivity contribution in [3.05, 3.63) is 23.8 Å². The molecule has 2 aliphatic carbocycles. The minimum absolute atomic E-state index is 0.0154. The number of ether oxygens (including phenoxy) is 2. The average molecular weight is 423 g/mol. The third-order valence-electron chi connectivity index (χ3n) is 7.47. The van der Waals surface area contributed by atoms with Gasteiger partial charge in [-0.3, -0.25) is 0 Å². The standard InChI is InChI=1S/C26H40F2O2/c1-3-6-19-8-12-21(13-9-19)22-14-10-20(11-15-22)7-5-18-30-24-17-16-23(29-4-2)25(27)26(24)28/h16-17,19-22H,3-15,18H2,1-2H3. The topological polar surface area (TPSA) is 18.5 Å². The summed E-state index contributed by atoms with van der Waals surface area (Å²) >= 11 is 0. The van der Waals surface area contributed by atoms with Gasteiger partial charge in [-0.15, -0.1) is 0 Å². The van der Waals surface area contributed by atoms with Crippen LogP contribution in [0.3, 0.4) is 0 Å². The number of hydrogen-bond acceptors (Lipinski definition) is 2. The van der Waals surface area contributed by atoms with Crippen molar-refractivity contribution >= 4 is 0 Å². The zero-order valence-electron chi connectivity index (χ0n) is 18.9. The second-order valence-corrected chi connectivity index (χ2v) is 9.46. The van der Waals surface area contributed by atoms with Gasteiger partial charge in [0.15, 0.2) is 11.5 Å².